The monoisotopic (exact) mass is 379 g/mol. The maximum Gasteiger partial charge on any atom is 0.414 e. The highest BCUT2D eigenvalue weighted by atomic mass is 16.6. The number of anilines is 1. The third-order valence-electron chi connectivity index (χ3n) is 4.87. The van der Waals surface area contributed by atoms with E-state index in [1.807, 2.05) is 61.5 Å². The molecule has 0 aliphatic carbocycles. The molecule has 0 bridgehead atoms. The summed E-state index contributed by atoms with van der Waals surface area (Å²) in [5.74, 6) is -0.215. The number of cyclic esters (lactones) is 1. The third-order valence-corrected chi connectivity index (χ3v) is 4.87. The van der Waals surface area contributed by atoms with Gasteiger partial charge < -0.3 is 14.9 Å². The first-order valence-corrected chi connectivity index (χ1v) is 9.24. The van der Waals surface area contributed by atoms with Crippen LogP contribution in [0.4, 0.5) is 10.5 Å². The number of hydrogen-bond donors (Lipinski definition) is 1. The molecular formula is C21H21N3O4. The van der Waals surface area contributed by atoms with E-state index in [2.05, 4.69) is 10.5 Å². The van der Waals surface area contributed by atoms with Gasteiger partial charge in [0.05, 0.1) is 18.3 Å². The number of carbonyl (C=O) groups excluding carboxylic acids is 2. The molecule has 2 atom stereocenters. The fourth-order valence-corrected chi connectivity index (χ4v) is 3.30. The number of nitrogens with one attached hydrogen (secondary N) is 1. The second-order valence-corrected chi connectivity index (χ2v) is 6.79. The molecule has 2 aliphatic heterocycles. The lowest BCUT2D eigenvalue weighted by atomic mass is 10.0. The molecule has 2 amide bonds. The average Bonchev–Trinajstić information content (AvgIpc) is 3.38. The molecule has 0 radical (unpaired) electrons. The zero-order valence-corrected chi connectivity index (χ0v) is 15.5. The molecule has 1 N–H and O–H groups in total. The van der Waals surface area contributed by atoms with Crippen molar-refractivity contribution in [3.05, 3.63) is 65.7 Å². The van der Waals surface area contributed by atoms with Gasteiger partial charge in [-0.2, -0.15) is 0 Å². The summed E-state index contributed by atoms with van der Waals surface area (Å²) < 4.78 is 4.99. The lowest BCUT2D eigenvalue weighted by Crippen LogP contribution is -2.36. The van der Waals surface area contributed by atoms with Crippen LogP contribution in [-0.2, 0) is 14.4 Å². The van der Waals surface area contributed by atoms with Crippen LogP contribution in [0.5, 0.6) is 0 Å². The summed E-state index contributed by atoms with van der Waals surface area (Å²) in [5.41, 5.74) is 3.37. The summed E-state index contributed by atoms with van der Waals surface area (Å²) in [5, 5.41) is 7.03. The third kappa shape index (κ3) is 3.69. The molecule has 2 heterocycles. The van der Waals surface area contributed by atoms with Crippen molar-refractivity contribution < 1.29 is 19.2 Å². The molecule has 7 nitrogen and oxygen atoms in total. The molecule has 144 valence electrons. The van der Waals surface area contributed by atoms with Crippen molar-refractivity contribution in [3.8, 4) is 0 Å². The summed E-state index contributed by atoms with van der Waals surface area (Å²) in [4.78, 5) is 31.3. The maximum atomic E-state index is 12.6. The topological polar surface area (TPSA) is 80.2 Å². The first-order chi connectivity index (χ1) is 13.6. The van der Waals surface area contributed by atoms with Gasteiger partial charge >= 0.3 is 6.09 Å². The predicted molar refractivity (Wildman–Crippen MR) is 104 cm³/mol. The number of rotatable bonds is 5. The van der Waals surface area contributed by atoms with Gasteiger partial charge in [-0.1, -0.05) is 47.6 Å². The number of hydrogen-bond acceptors (Lipinski definition) is 5. The van der Waals surface area contributed by atoms with Crippen LogP contribution in [0.25, 0.3) is 0 Å². The van der Waals surface area contributed by atoms with Crippen molar-refractivity contribution in [2.75, 3.05) is 18.1 Å². The first-order valence-electron chi connectivity index (χ1n) is 9.24. The van der Waals surface area contributed by atoms with Gasteiger partial charge in [0.1, 0.15) is 6.61 Å². The Morgan fingerprint density at radius 1 is 1.21 bits per heavy atom. The highest BCUT2D eigenvalue weighted by molar-refractivity contribution is 6.04. The van der Waals surface area contributed by atoms with Gasteiger partial charge in [0, 0.05) is 12.1 Å². The number of amides is 2. The lowest BCUT2D eigenvalue weighted by Gasteiger charge is -2.19. The minimum absolute atomic E-state index is 0.215. The fourth-order valence-electron chi connectivity index (χ4n) is 3.30. The molecule has 28 heavy (non-hydrogen) atoms. The van der Waals surface area contributed by atoms with Crippen LogP contribution in [-0.4, -0.2) is 37.0 Å². The van der Waals surface area contributed by atoms with E-state index in [1.54, 1.807) is 4.90 Å². The van der Waals surface area contributed by atoms with Gasteiger partial charge in [-0.15, -0.1) is 0 Å². The van der Waals surface area contributed by atoms with E-state index in [1.165, 1.54) is 0 Å². The zero-order valence-electron chi connectivity index (χ0n) is 15.5. The van der Waals surface area contributed by atoms with E-state index in [0.717, 1.165) is 22.5 Å². The van der Waals surface area contributed by atoms with Gasteiger partial charge in [-0.3, -0.25) is 9.69 Å². The first kappa shape index (κ1) is 18.0. The number of carbonyl (C=O) groups is 2. The van der Waals surface area contributed by atoms with Gasteiger partial charge in [0.2, 0.25) is 6.10 Å². The summed E-state index contributed by atoms with van der Waals surface area (Å²) in [7, 11) is 0. The van der Waals surface area contributed by atoms with Gasteiger partial charge in [0.25, 0.3) is 5.91 Å². The van der Waals surface area contributed by atoms with Crippen molar-refractivity contribution in [1.29, 1.82) is 0 Å². The van der Waals surface area contributed by atoms with Gasteiger partial charge in [-0.25, -0.2) is 4.79 Å². The highest BCUT2D eigenvalue weighted by Gasteiger charge is 2.30. The molecule has 0 spiro atoms. The van der Waals surface area contributed by atoms with Crippen LogP contribution in [0.1, 0.15) is 30.5 Å². The molecule has 0 unspecified atom stereocenters. The molecule has 7 heteroatoms. The summed E-state index contributed by atoms with van der Waals surface area (Å²) in [6.07, 6.45) is -0.560. The Balaban J connectivity index is 1.38. The molecule has 2 aliphatic rings. The van der Waals surface area contributed by atoms with Crippen molar-refractivity contribution in [1.82, 2.24) is 5.32 Å². The summed E-state index contributed by atoms with van der Waals surface area (Å²) >= 11 is 0. The Bertz CT molecular complexity index is 913. The smallest absolute Gasteiger partial charge is 0.414 e. The fraction of sp³-hybridized carbons (Fsp3) is 0.286. The lowest BCUT2D eigenvalue weighted by molar-refractivity contribution is -0.131. The maximum absolute atomic E-state index is 12.6. The van der Waals surface area contributed by atoms with Crippen LogP contribution in [0.3, 0.4) is 0 Å². The van der Waals surface area contributed by atoms with Crippen molar-refractivity contribution in [2.45, 2.75) is 25.5 Å². The molecule has 2 aromatic rings. The molecular weight excluding hydrogens is 358 g/mol. The molecule has 0 saturated carbocycles. The summed E-state index contributed by atoms with van der Waals surface area (Å²) in [6.45, 7) is 2.81. The highest BCUT2D eigenvalue weighted by Crippen LogP contribution is 2.24. The molecule has 0 aromatic heterocycles. The standard InChI is InChI=1S/C21H21N3O4/c1-14(16-8-5-9-17(12-16)24-10-11-27-21(24)26)22-20(25)19-13-18(23-28-19)15-6-3-2-4-7-15/h2-9,12,14,19H,10-11,13H2,1H3,(H,22,25)/t14-,19+/m1/s1. The molecule has 1 fully saturated rings. The van der Waals surface area contributed by atoms with E-state index in [4.69, 9.17) is 9.57 Å². The molecule has 2 aromatic carbocycles. The Morgan fingerprint density at radius 3 is 2.79 bits per heavy atom. The van der Waals surface area contributed by atoms with Crippen LogP contribution in [0.15, 0.2) is 59.8 Å². The largest absolute Gasteiger partial charge is 0.447 e. The number of nitrogens with zero attached hydrogens (tertiary/aromatic N) is 2. The second kappa shape index (κ2) is 7.72. The number of benzene rings is 2. The second-order valence-electron chi connectivity index (χ2n) is 6.79. The SMILES string of the molecule is C[C@@H](NC(=O)[C@@H]1CC(c2ccccc2)=NO1)c1cccc(N2CCOC2=O)c1. The van der Waals surface area contributed by atoms with E-state index < -0.39 is 6.10 Å². The van der Waals surface area contributed by atoms with Crippen molar-refractivity contribution >= 4 is 23.4 Å². The Kier molecular flexibility index (Phi) is 4.97. The predicted octanol–water partition coefficient (Wildman–Crippen LogP) is 3.01. The van der Waals surface area contributed by atoms with Crippen LogP contribution >= 0.6 is 0 Å². The normalized spacial score (nSPS) is 19.6. The van der Waals surface area contributed by atoms with Gasteiger partial charge in [0.15, 0.2) is 0 Å². The average molecular weight is 379 g/mol. The van der Waals surface area contributed by atoms with Crippen LogP contribution < -0.4 is 10.2 Å². The van der Waals surface area contributed by atoms with E-state index in [9.17, 15) is 9.59 Å². The molecule has 1 saturated heterocycles. The number of ether oxygens (including phenoxy) is 1. The van der Waals surface area contributed by atoms with Crippen molar-refractivity contribution in [3.63, 3.8) is 0 Å². The Morgan fingerprint density at radius 2 is 2.04 bits per heavy atom. The van der Waals surface area contributed by atoms with E-state index in [-0.39, 0.29) is 18.0 Å². The van der Waals surface area contributed by atoms with Crippen LogP contribution in [0.2, 0.25) is 0 Å². The number of oxime groups is 1. The minimum atomic E-state index is -0.644. The van der Waals surface area contributed by atoms with Gasteiger partial charge in [-0.05, 0) is 30.2 Å². The zero-order chi connectivity index (χ0) is 19.5. The van der Waals surface area contributed by atoms with Crippen molar-refractivity contribution in [2.24, 2.45) is 5.16 Å². The quantitative estimate of drug-likeness (QED) is 0.866. The van der Waals surface area contributed by atoms with E-state index in [0.29, 0.717) is 19.6 Å². The minimum Gasteiger partial charge on any atom is -0.447 e. The Labute approximate surface area is 162 Å². The Hall–Kier alpha value is -3.35. The van der Waals surface area contributed by atoms with Crippen LogP contribution in [0, 0.1) is 0 Å². The van der Waals surface area contributed by atoms with E-state index >= 15 is 0 Å². The molecule has 4 rings (SSSR count). The summed E-state index contributed by atoms with van der Waals surface area (Å²) in [6, 6.07) is 17.0.